The molecule has 0 heterocycles. The van der Waals surface area contributed by atoms with Gasteiger partial charge >= 0.3 is 0 Å². The molecular formula is C20H18BrNO2. The first kappa shape index (κ1) is 16.5. The summed E-state index contributed by atoms with van der Waals surface area (Å²) in [5.74, 6) is 0.542. The molecule has 3 aromatic carbocycles. The summed E-state index contributed by atoms with van der Waals surface area (Å²) in [6.07, 6.45) is 0.0432. The Hall–Kier alpha value is -2.33. The minimum Gasteiger partial charge on any atom is -0.481 e. The van der Waals surface area contributed by atoms with E-state index in [4.69, 9.17) is 4.74 Å². The number of hydrogen-bond acceptors (Lipinski definition) is 2. The minimum atomic E-state index is -0.543. The summed E-state index contributed by atoms with van der Waals surface area (Å²) in [7, 11) is 0. The number of fused-ring (bicyclic) bond motifs is 1. The second-order valence-corrected chi connectivity index (χ2v) is 6.35. The van der Waals surface area contributed by atoms with E-state index in [0.717, 1.165) is 20.9 Å². The molecule has 0 spiro atoms. The van der Waals surface area contributed by atoms with Crippen LogP contribution in [0.5, 0.6) is 5.75 Å². The number of carbonyl (C=O) groups excluding carboxylic acids is 1. The Morgan fingerprint density at radius 3 is 2.50 bits per heavy atom. The molecule has 0 saturated carbocycles. The van der Waals surface area contributed by atoms with Crippen LogP contribution in [0.4, 0.5) is 5.69 Å². The summed E-state index contributed by atoms with van der Waals surface area (Å²) in [5.41, 5.74) is 0.739. The quantitative estimate of drug-likeness (QED) is 0.640. The molecule has 1 N–H and O–H groups in total. The average Bonchev–Trinajstić information content (AvgIpc) is 2.61. The van der Waals surface area contributed by atoms with Gasteiger partial charge in [-0.15, -0.1) is 0 Å². The number of ether oxygens (including phenoxy) is 1. The summed E-state index contributed by atoms with van der Waals surface area (Å²) in [6.45, 7) is 1.94. The third-order valence-corrected chi connectivity index (χ3v) is 4.49. The van der Waals surface area contributed by atoms with E-state index in [0.29, 0.717) is 12.2 Å². The van der Waals surface area contributed by atoms with Crippen molar-refractivity contribution in [3.63, 3.8) is 0 Å². The fourth-order valence-electron chi connectivity index (χ4n) is 2.50. The van der Waals surface area contributed by atoms with Crippen molar-refractivity contribution in [2.75, 3.05) is 5.32 Å². The van der Waals surface area contributed by atoms with E-state index in [1.165, 1.54) is 0 Å². The van der Waals surface area contributed by atoms with Crippen molar-refractivity contribution in [1.82, 2.24) is 0 Å². The first-order valence-corrected chi connectivity index (χ1v) is 8.67. The first-order chi connectivity index (χ1) is 11.7. The zero-order valence-electron chi connectivity index (χ0n) is 13.3. The van der Waals surface area contributed by atoms with Crippen LogP contribution in [0.3, 0.4) is 0 Å². The topological polar surface area (TPSA) is 38.3 Å². The lowest BCUT2D eigenvalue weighted by molar-refractivity contribution is -0.122. The fourth-order valence-corrected chi connectivity index (χ4v) is 2.89. The van der Waals surface area contributed by atoms with E-state index >= 15 is 0 Å². The summed E-state index contributed by atoms with van der Waals surface area (Å²) in [4.78, 5) is 12.5. The van der Waals surface area contributed by atoms with E-state index in [9.17, 15) is 4.79 Å². The van der Waals surface area contributed by atoms with Crippen molar-refractivity contribution >= 4 is 38.3 Å². The van der Waals surface area contributed by atoms with Crippen molar-refractivity contribution < 1.29 is 9.53 Å². The summed E-state index contributed by atoms with van der Waals surface area (Å²) in [6, 6.07) is 21.5. The van der Waals surface area contributed by atoms with Gasteiger partial charge in [0.2, 0.25) is 0 Å². The van der Waals surface area contributed by atoms with Crippen LogP contribution in [-0.2, 0) is 4.79 Å². The molecule has 0 aliphatic heterocycles. The van der Waals surface area contributed by atoms with E-state index < -0.39 is 6.10 Å². The molecule has 0 aliphatic carbocycles. The smallest absolute Gasteiger partial charge is 0.265 e. The van der Waals surface area contributed by atoms with Crippen LogP contribution in [0.1, 0.15) is 13.3 Å². The first-order valence-electron chi connectivity index (χ1n) is 7.88. The molecule has 122 valence electrons. The highest BCUT2D eigenvalue weighted by Crippen LogP contribution is 2.24. The maximum Gasteiger partial charge on any atom is 0.265 e. The second-order valence-electron chi connectivity index (χ2n) is 5.49. The third kappa shape index (κ3) is 3.77. The SMILES string of the molecule is CC[C@@H](Oc1ccc2ccccc2c1)C(=O)Nc1ccccc1Br. The fraction of sp³-hybridized carbons (Fsp3) is 0.150. The highest BCUT2D eigenvalue weighted by atomic mass is 79.9. The average molecular weight is 384 g/mol. The van der Waals surface area contributed by atoms with E-state index in [1.54, 1.807) is 0 Å². The van der Waals surface area contributed by atoms with E-state index in [2.05, 4.69) is 27.3 Å². The van der Waals surface area contributed by atoms with Crippen molar-refractivity contribution in [3.05, 3.63) is 71.2 Å². The molecule has 24 heavy (non-hydrogen) atoms. The lowest BCUT2D eigenvalue weighted by Gasteiger charge is -2.18. The molecule has 0 aliphatic rings. The Kier molecular flexibility index (Phi) is 5.16. The van der Waals surface area contributed by atoms with Gasteiger partial charge in [0, 0.05) is 4.47 Å². The number of carbonyl (C=O) groups is 1. The van der Waals surface area contributed by atoms with Crippen molar-refractivity contribution in [2.24, 2.45) is 0 Å². The van der Waals surface area contributed by atoms with Gasteiger partial charge in [-0.25, -0.2) is 0 Å². The molecule has 0 fully saturated rings. The molecule has 0 saturated heterocycles. The van der Waals surface area contributed by atoms with Gasteiger partial charge in [0.05, 0.1) is 5.69 Å². The number of rotatable bonds is 5. The van der Waals surface area contributed by atoms with Gasteiger partial charge in [-0.1, -0.05) is 49.4 Å². The van der Waals surface area contributed by atoms with Gasteiger partial charge < -0.3 is 10.1 Å². The number of amides is 1. The summed E-state index contributed by atoms with van der Waals surface area (Å²) in [5, 5.41) is 5.15. The molecule has 1 atom stereocenters. The van der Waals surface area contributed by atoms with Crippen LogP contribution >= 0.6 is 15.9 Å². The minimum absolute atomic E-state index is 0.155. The van der Waals surface area contributed by atoms with Crippen LogP contribution in [0, 0.1) is 0 Å². The van der Waals surface area contributed by atoms with Gasteiger partial charge in [-0.05, 0) is 57.4 Å². The van der Waals surface area contributed by atoms with E-state index in [-0.39, 0.29) is 5.91 Å². The molecule has 3 aromatic rings. The van der Waals surface area contributed by atoms with Gasteiger partial charge in [-0.2, -0.15) is 0 Å². The Labute approximate surface area is 149 Å². The number of para-hydroxylation sites is 1. The maximum atomic E-state index is 12.5. The lowest BCUT2D eigenvalue weighted by Crippen LogP contribution is -2.32. The van der Waals surface area contributed by atoms with Crippen molar-refractivity contribution in [3.8, 4) is 5.75 Å². The predicted octanol–water partition coefficient (Wildman–Crippen LogP) is 5.40. The Morgan fingerprint density at radius 1 is 1.04 bits per heavy atom. The van der Waals surface area contributed by atoms with Crippen LogP contribution in [0.2, 0.25) is 0 Å². The van der Waals surface area contributed by atoms with Crippen molar-refractivity contribution in [1.29, 1.82) is 0 Å². The number of halogens is 1. The summed E-state index contributed by atoms with van der Waals surface area (Å²) >= 11 is 3.43. The highest BCUT2D eigenvalue weighted by molar-refractivity contribution is 9.10. The lowest BCUT2D eigenvalue weighted by atomic mass is 10.1. The van der Waals surface area contributed by atoms with Gasteiger partial charge in [0.1, 0.15) is 5.75 Å². The second kappa shape index (κ2) is 7.49. The molecule has 1 amide bonds. The predicted molar refractivity (Wildman–Crippen MR) is 101 cm³/mol. The molecule has 0 aromatic heterocycles. The van der Waals surface area contributed by atoms with Crippen LogP contribution < -0.4 is 10.1 Å². The molecule has 0 unspecified atom stereocenters. The Morgan fingerprint density at radius 2 is 1.75 bits per heavy atom. The van der Waals surface area contributed by atoms with Crippen LogP contribution in [0.15, 0.2) is 71.2 Å². The number of anilines is 1. The van der Waals surface area contributed by atoms with E-state index in [1.807, 2.05) is 67.6 Å². The van der Waals surface area contributed by atoms with Crippen molar-refractivity contribution in [2.45, 2.75) is 19.4 Å². The third-order valence-electron chi connectivity index (χ3n) is 3.79. The highest BCUT2D eigenvalue weighted by Gasteiger charge is 2.19. The number of benzene rings is 3. The zero-order valence-corrected chi connectivity index (χ0v) is 14.9. The van der Waals surface area contributed by atoms with Crippen LogP contribution in [0.25, 0.3) is 10.8 Å². The largest absolute Gasteiger partial charge is 0.481 e. The monoisotopic (exact) mass is 383 g/mol. The van der Waals surface area contributed by atoms with Gasteiger partial charge in [0.25, 0.3) is 5.91 Å². The van der Waals surface area contributed by atoms with Crippen LogP contribution in [-0.4, -0.2) is 12.0 Å². The zero-order chi connectivity index (χ0) is 16.9. The Balaban J connectivity index is 1.75. The van der Waals surface area contributed by atoms with Gasteiger partial charge in [0.15, 0.2) is 6.10 Å². The molecule has 0 bridgehead atoms. The molecule has 4 heteroatoms. The Bertz CT molecular complexity index is 863. The molecule has 3 rings (SSSR count). The summed E-state index contributed by atoms with van der Waals surface area (Å²) < 4.78 is 6.76. The molecular weight excluding hydrogens is 366 g/mol. The number of hydrogen-bond donors (Lipinski definition) is 1. The maximum absolute atomic E-state index is 12.5. The molecule has 3 nitrogen and oxygen atoms in total. The number of nitrogens with one attached hydrogen (secondary N) is 1. The normalized spacial score (nSPS) is 11.9. The van der Waals surface area contributed by atoms with Gasteiger partial charge in [-0.3, -0.25) is 4.79 Å². The molecule has 0 radical (unpaired) electrons. The standard InChI is InChI=1S/C20H18BrNO2/c1-2-19(20(23)22-18-10-6-5-9-17(18)21)24-16-12-11-14-7-3-4-8-15(14)13-16/h3-13,19H,2H2,1H3,(H,22,23)/t19-/m1/s1.